The molecule has 0 spiro atoms. The van der Waals surface area contributed by atoms with Gasteiger partial charge in [-0.05, 0) is 76.7 Å². The third-order valence-corrected chi connectivity index (χ3v) is 7.62. The summed E-state index contributed by atoms with van der Waals surface area (Å²) in [5, 5.41) is 11.1. The molecule has 1 heterocycles. The number of nitrogens with zero attached hydrogens (tertiary/aromatic N) is 2. The van der Waals surface area contributed by atoms with Crippen LogP contribution in [-0.2, 0) is 26.1 Å². The molecule has 0 radical (unpaired) electrons. The van der Waals surface area contributed by atoms with Crippen molar-refractivity contribution in [3.05, 3.63) is 48.1 Å². The number of carbonyl (C=O) groups is 2. The van der Waals surface area contributed by atoms with Gasteiger partial charge >= 0.3 is 11.9 Å². The number of hydrogen-bond donors (Lipinski definition) is 1. The molecule has 2 aliphatic rings. The van der Waals surface area contributed by atoms with Crippen molar-refractivity contribution < 1.29 is 24.2 Å². The van der Waals surface area contributed by atoms with Gasteiger partial charge in [-0.25, -0.2) is 9.78 Å². The van der Waals surface area contributed by atoms with Crippen LogP contribution >= 0.6 is 0 Å². The molecule has 0 saturated carbocycles. The van der Waals surface area contributed by atoms with Crippen LogP contribution in [0.25, 0.3) is 6.08 Å². The van der Waals surface area contributed by atoms with E-state index in [0.29, 0.717) is 36.8 Å². The van der Waals surface area contributed by atoms with Crippen molar-refractivity contribution in [2.75, 3.05) is 0 Å². The molecule has 3 rings (SSSR count). The first-order chi connectivity index (χ1) is 17.3. The first-order valence-electron chi connectivity index (χ1n) is 13.4. The van der Waals surface area contributed by atoms with E-state index in [9.17, 15) is 14.7 Å². The van der Waals surface area contributed by atoms with Crippen LogP contribution in [0.3, 0.4) is 0 Å². The van der Waals surface area contributed by atoms with E-state index >= 15 is 0 Å². The molecule has 7 nitrogen and oxygen atoms in total. The molecule has 0 unspecified atom stereocenters. The van der Waals surface area contributed by atoms with Gasteiger partial charge in [-0.15, -0.1) is 0 Å². The van der Waals surface area contributed by atoms with E-state index < -0.39 is 23.6 Å². The molecule has 204 valence electrons. The summed E-state index contributed by atoms with van der Waals surface area (Å²) in [5.41, 5.74) is 1.31. The smallest absolute Gasteiger partial charge is 0.331 e. The maximum Gasteiger partial charge on any atom is 0.331 e. The Bertz CT molecular complexity index is 1030. The van der Waals surface area contributed by atoms with E-state index in [4.69, 9.17) is 9.47 Å². The Labute approximate surface area is 221 Å². The number of allylic oxidation sites excluding steroid dienone is 2. The topological polar surface area (TPSA) is 90.7 Å². The Balaban J connectivity index is 1.86. The van der Waals surface area contributed by atoms with Gasteiger partial charge in [-0.3, -0.25) is 4.79 Å². The number of fused-ring (bicyclic) bond motifs is 1. The number of hydrogen-bond acceptors (Lipinski definition) is 6. The zero-order valence-corrected chi connectivity index (χ0v) is 23.4. The minimum atomic E-state index is -0.926. The highest BCUT2D eigenvalue weighted by molar-refractivity contribution is 5.86. The third-order valence-electron chi connectivity index (χ3n) is 7.62. The summed E-state index contributed by atoms with van der Waals surface area (Å²) >= 11 is 0. The van der Waals surface area contributed by atoms with Crippen LogP contribution in [0.5, 0.6) is 0 Å². The average molecular weight is 513 g/mol. The molecule has 7 heteroatoms. The number of carbonyl (C=O) groups excluding carboxylic acids is 2. The van der Waals surface area contributed by atoms with Gasteiger partial charge in [0.05, 0.1) is 17.4 Å². The molecule has 0 bridgehead atoms. The van der Waals surface area contributed by atoms with Crippen molar-refractivity contribution >= 4 is 18.0 Å². The molecule has 1 N–H and O–H groups in total. The summed E-state index contributed by atoms with van der Waals surface area (Å²) in [5.74, 6) is 0.430. The molecule has 37 heavy (non-hydrogen) atoms. The van der Waals surface area contributed by atoms with Crippen molar-refractivity contribution in [1.82, 2.24) is 9.55 Å². The summed E-state index contributed by atoms with van der Waals surface area (Å²) in [6, 6.07) is 0. The van der Waals surface area contributed by atoms with Gasteiger partial charge in [0.2, 0.25) is 0 Å². The standard InChI is InChI=1S/C30H44N2O5/c1-19(2)23-13-11-20(3)24-15-22(36-28(34)14-12-21-17-32(7)18-31-21)9-8-10-26(33)27(16-25(23)24)37-29(35)30(4,5)6/h8,10-12,14,17-19,22-27,33H,9,13,15-16H2,1-7H3/t22-,23-,24+,25-,26-,27-/m1/s1. The van der Waals surface area contributed by atoms with Crippen molar-refractivity contribution in [2.24, 2.45) is 36.1 Å². The van der Waals surface area contributed by atoms with Crippen LogP contribution in [0.1, 0.15) is 72.9 Å². The maximum absolute atomic E-state index is 12.8. The van der Waals surface area contributed by atoms with E-state index in [0.717, 1.165) is 6.42 Å². The fourth-order valence-electron chi connectivity index (χ4n) is 5.44. The van der Waals surface area contributed by atoms with Crippen LogP contribution in [-0.4, -0.2) is 44.9 Å². The van der Waals surface area contributed by atoms with Gasteiger partial charge in [0.1, 0.15) is 18.3 Å². The number of esters is 2. The lowest BCUT2D eigenvalue weighted by molar-refractivity contribution is -0.165. The first-order valence-corrected chi connectivity index (χ1v) is 13.4. The van der Waals surface area contributed by atoms with Gasteiger partial charge in [-0.1, -0.05) is 37.6 Å². The van der Waals surface area contributed by atoms with E-state index in [2.05, 4.69) is 31.8 Å². The lowest BCUT2D eigenvalue weighted by Crippen LogP contribution is -2.42. The van der Waals surface area contributed by atoms with E-state index in [1.54, 1.807) is 18.5 Å². The number of rotatable bonds is 5. The molecule has 0 saturated heterocycles. The van der Waals surface area contributed by atoms with Crippen LogP contribution in [0.4, 0.5) is 0 Å². The molecule has 0 fully saturated rings. The Morgan fingerprint density at radius 2 is 1.92 bits per heavy atom. The molecule has 1 aromatic heterocycles. The lowest BCUT2D eigenvalue weighted by Gasteiger charge is -2.43. The SMILES string of the molecule is CC1=CC[C@H](C(C)C)[C@H]2C[C@@H](OC(=O)C(C)(C)C)[C@H](O)C=CC[C@@H](OC(=O)C=Cc3cn(C)cn3)C[C@@H]12. The molecule has 6 atom stereocenters. The van der Waals surface area contributed by atoms with Crippen molar-refractivity contribution in [1.29, 1.82) is 0 Å². The van der Waals surface area contributed by atoms with Crippen LogP contribution < -0.4 is 0 Å². The van der Waals surface area contributed by atoms with Crippen LogP contribution in [0.2, 0.25) is 0 Å². The molecular weight excluding hydrogens is 468 g/mol. The van der Waals surface area contributed by atoms with Crippen molar-refractivity contribution in [3.8, 4) is 0 Å². The zero-order valence-electron chi connectivity index (χ0n) is 23.4. The highest BCUT2D eigenvalue weighted by Crippen LogP contribution is 2.45. The number of imidazole rings is 1. The minimum absolute atomic E-state index is 0.160. The predicted molar refractivity (Wildman–Crippen MR) is 144 cm³/mol. The summed E-state index contributed by atoms with van der Waals surface area (Å²) in [6.07, 6.45) is 13.2. The molecule has 0 aliphatic heterocycles. The van der Waals surface area contributed by atoms with Crippen LogP contribution in [0, 0.1) is 29.1 Å². The third kappa shape index (κ3) is 7.91. The molecule has 1 aromatic rings. The summed E-state index contributed by atoms with van der Waals surface area (Å²) < 4.78 is 13.6. The van der Waals surface area contributed by atoms with Gasteiger partial charge in [0.25, 0.3) is 0 Å². The van der Waals surface area contributed by atoms with E-state index in [1.165, 1.54) is 11.6 Å². The molecule has 2 aliphatic carbocycles. The molecule has 0 aromatic carbocycles. The van der Waals surface area contributed by atoms with E-state index in [-0.39, 0.29) is 23.9 Å². The lowest BCUT2D eigenvalue weighted by atomic mass is 9.64. The van der Waals surface area contributed by atoms with Gasteiger partial charge in [-0.2, -0.15) is 0 Å². The summed E-state index contributed by atoms with van der Waals surface area (Å²) in [7, 11) is 1.87. The largest absolute Gasteiger partial charge is 0.459 e. The Morgan fingerprint density at radius 1 is 1.19 bits per heavy atom. The average Bonchev–Trinajstić information content (AvgIpc) is 3.23. The quantitative estimate of drug-likeness (QED) is 0.329. The first kappa shape index (κ1) is 28.9. The van der Waals surface area contributed by atoms with Crippen LogP contribution in [0.15, 0.2) is 42.4 Å². The second kappa shape index (κ2) is 12.2. The summed E-state index contributed by atoms with van der Waals surface area (Å²) in [4.78, 5) is 29.7. The minimum Gasteiger partial charge on any atom is -0.459 e. The predicted octanol–water partition coefficient (Wildman–Crippen LogP) is 5.26. The van der Waals surface area contributed by atoms with Crippen molar-refractivity contribution in [2.45, 2.75) is 85.5 Å². The second-order valence-electron chi connectivity index (χ2n) is 12.0. The Hall–Kier alpha value is -2.67. The van der Waals surface area contributed by atoms with Gasteiger partial charge < -0.3 is 19.1 Å². The van der Waals surface area contributed by atoms with E-state index in [1.807, 2.05) is 44.7 Å². The van der Waals surface area contributed by atoms with Crippen molar-refractivity contribution in [3.63, 3.8) is 0 Å². The highest BCUT2D eigenvalue weighted by atomic mass is 16.6. The maximum atomic E-state index is 12.8. The summed E-state index contributed by atoms with van der Waals surface area (Å²) in [6.45, 7) is 12.1. The second-order valence-corrected chi connectivity index (χ2v) is 12.0. The number of aliphatic hydroxyl groups excluding tert-OH is 1. The molecule has 0 amide bonds. The van der Waals surface area contributed by atoms with Gasteiger partial charge in [0, 0.05) is 25.7 Å². The van der Waals surface area contributed by atoms with Gasteiger partial charge in [0.15, 0.2) is 0 Å². The molecular formula is C30H44N2O5. The normalized spacial score (nSPS) is 29.1. The Kier molecular flexibility index (Phi) is 9.57. The number of aliphatic hydroxyl groups is 1. The number of aromatic nitrogens is 2. The fourth-order valence-corrected chi connectivity index (χ4v) is 5.44. The number of aryl methyl sites for hydroxylation is 1. The highest BCUT2D eigenvalue weighted by Gasteiger charge is 2.41. The Morgan fingerprint density at radius 3 is 2.54 bits per heavy atom. The fraction of sp³-hybridized carbons (Fsp3) is 0.633. The zero-order chi connectivity index (χ0) is 27.3. The number of ether oxygens (including phenoxy) is 2. The monoisotopic (exact) mass is 512 g/mol.